The van der Waals surface area contributed by atoms with Crippen molar-refractivity contribution in [3.05, 3.63) is 33.8 Å². The summed E-state index contributed by atoms with van der Waals surface area (Å²) >= 11 is 3.39. The van der Waals surface area contributed by atoms with Gasteiger partial charge in [-0.1, -0.05) is 22.0 Å². The molecule has 1 atom stereocenters. The molecule has 0 bridgehead atoms. The van der Waals surface area contributed by atoms with Gasteiger partial charge in [-0.2, -0.15) is 0 Å². The van der Waals surface area contributed by atoms with Crippen LogP contribution in [0, 0.1) is 0 Å². The van der Waals surface area contributed by atoms with Gasteiger partial charge in [0.2, 0.25) is 0 Å². The molecule has 1 aromatic rings. The van der Waals surface area contributed by atoms with E-state index < -0.39 is 5.60 Å². The first kappa shape index (κ1) is 12.6. The summed E-state index contributed by atoms with van der Waals surface area (Å²) in [5.41, 5.74) is 0.894. The number of ether oxygens (including phenoxy) is 1. The van der Waals surface area contributed by atoms with Gasteiger partial charge in [-0.25, -0.2) is 0 Å². The molecule has 3 nitrogen and oxygen atoms in total. The lowest BCUT2D eigenvalue weighted by Gasteiger charge is -2.23. The monoisotopic (exact) mass is 298 g/mol. The summed E-state index contributed by atoms with van der Waals surface area (Å²) < 4.78 is 5.82. The molecule has 92 valence electrons. The molecule has 0 radical (unpaired) electrons. The highest BCUT2D eigenvalue weighted by molar-refractivity contribution is 9.10. The van der Waals surface area contributed by atoms with Crippen molar-refractivity contribution in [3.63, 3.8) is 0 Å². The Morgan fingerprint density at radius 2 is 2.35 bits per heavy atom. The number of hydrogen-bond donors (Lipinski definition) is 1. The van der Waals surface area contributed by atoms with Crippen molar-refractivity contribution in [2.45, 2.75) is 31.8 Å². The third-order valence-electron chi connectivity index (χ3n) is 3.12. The van der Waals surface area contributed by atoms with Crippen molar-refractivity contribution >= 4 is 21.9 Å². The van der Waals surface area contributed by atoms with E-state index in [2.05, 4.69) is 15.9 Å². The topological polar surface area (TPSA) is 46.5 Å². The standard InChI is InChI=1S/C13H15BrO3/c1-2-17-12(15)8-13(16)6-5-9-3-4-10(14)7-11(9)13/h3-4,7,16H,2,5-6,8H2,1H3. The zero-order valence-electron chi connectivity index (χ0n) is 9.70. The molecule has 1 aliphatic carbocycles. The molecular formula is C13H15BrO3. The number of rotatable bonds is 3. The van der Waals surface area contributed by atoms with Gasteiger partial charge in [-0.15, -0.1) is 0 Å². The number of carbonyl (C=O) groups is 1. The highest BCUT2D eigenvalue weighted by Gasteiger charge is 2.39. The summed E-state index contributed by atoms with van der Waals surface area (Å²) in [7, 11) is 0. The average Bonchev–Trinajstić information content (AvgIpc) is 2.57. The normalized spacial score (nSPS) is 22.3. The first-order chi connectivity index (χ1) is 8.05. The quantitative estimate of drug-likeness (QED) is 0.872. The molecule has 1 aliphatic rings. The molecule has 0 spiro atoms. The van der Waals surface area contributed by atoms with Crippen molar-refractivity contribution in [1.82, 2.24) is 0 Å². The Balaban J connectivity index is 2.24. The van der Waals surface area contributed by atoms with Gasteiger partial charge >= 0.3 is 5.97 Å². The van der Waals surface area contributed by atoms with Gasteiger partial charge in [0, 0.05) is 4.47 Å². The van der Waals surface area contributed by atoms with Crippen LogP contribution in [0.5, 0.6) is 0 Å². The number of esters is 1. The van der Waals surface area contributed by atoms with E-state index in [1.807, 2.05) is 18.2 Å². The number of benzene rings is 1. The van der Waals surface area contributed by atoms with E-state index in [1.54, 1.807) is 6.92 Å². The first-order valence-electron chi connectivity index (χ1n) is 5.72. The lowest BCUT2D eigenvalue weighted by molar-refractivity contribution is -0.149. The van der Waals surface area contributed by atoms with Crippen LogP contribution in [-0.2, 0) is 21.6 Å². The highest BCUT2D eigenvalue weighted by atomic mass is 79.9. The van der Waals surface area contributed by atoms with Gasteiger partial charge in [0.15, 0.2) is 0 Å². The van der Waals surface area contributed by atoms with Gasteiger partial charge in [0.1, 0.15) is 5.60 Å². The maximum Gasteiger partial charge on any atom is 0.309 e. The third kappa shape index (κ3) is 2.53. The van der Waals surface area contributed by atoms with Crippen molar-refractivity contribution in [2.75, 3.05) is 6.61 Å². The van der Waals surface area contributed by atoms with Gasteiger partial charge in [0.05, 0.1) is 13.0 Å². The molecule has 0 saturated carbocycles. The molecule has 1 unspecified atom stereocenters. The second kappa shape index (κ2) is 4.78. The van der Waals surface area contributed by atoms with Crippen LogP contribution in [0.1, 0.15) is 30.9 Å². The maximum atomic E-state index is 11.5. The molecule has 0 heterocycles. The number of hydrogen-bond acceptors (Lipinski definition) is 3. The molecule has 17 heavy (non-hydrogen) atoms. The summed E-state index contributed by atoms with van der Waals surface area (Å²) in [5, 5.41) is 10.5. The minimum atomic E-state index is -1.06. The number of carbonyl (C=O) groups excluding carboxylic acids is 1. The Morgan fingerprint density at radius 3 is 3.06 bits per heavy atom. The smallest absolute Gasteiger partial charge is 0.309 e. The zero-order chi connectivity index (χ0) is 12.5. The summed E-state index contributed by atoms with van der Waals surface area (Å²) in [4.78, 5) is 11.5. The Bertz CT molecular complexity index is 444. The second-order valence-electron chi connectivity index (χ2n) is 4.31. The van der Waals surface area contributed by atoms with E-state index in [0.717, 1.165) is 22.0 Å². The minimum Gasteiger partial charge on any atom is -0.466 e. The molecule has 0 fully saturated rings. The van der Waals surface area contributed by atoms with E-state index in [9.17, 15) is 9.90 Å². The first-order valence-corrected chi connectivity index (χ1v) is 6.51. The number of fused-ring (bicyclic) bond motifs is 1. The van der Waals surface area contributed by atoms with Crippen LogP contribution in [0.2, 0.25) is 0 Å². The Labute approximate surface area is 109 Å². The van der Waals surface area contributed by atoms with Crippen molar-refractivity contribution < 1.29 is 14.6 Å². The van der Waals surface area contributed by atoms with Crippen LogP contribution < -0.4 is 0 Å². The van der Waals surface area contributed by atoms with E-state index >= 15 is 0 Å². The predicted molar refractivity (Wildman–Crippen MR) is 67.6 cm³/mol. The van der Waals surface area contributed by atoms with E-state index in [0.29, 0.717) is 13.0 Å². The molecule has 0 aliphatic heterocycles. The molecular weight excluding hydrogens is 284 g/mol. The number of halogens is 1. The molecule has 0 saturated heterocycles. The largest absolute Gasteiger partial charge is 0.466 e. The lowest BCUT2D eigenvalue weighted by Crippen LogP contribution is -2.27. The second-order valence-corrected chi connectivity index (χ2v) is 5.23. The Hall–Kier alpha value is -0.870. The van der Waals surface area contributed by atoms with E-state index in [1.165, 1.54) is 0 Å². The van der Waals surface area contributed by atoms with Gasteiger partial charge in [-0.3, -0.25) is 4.79 Å². The van der Waals surface area contributed by atoms with Gasteiger partial charge in [-0.05, 0) is 43.0 Å². The average molecular weight is 299 g/mol. The van der Waals surface area contributed by atoms with Crippen molar-refractivity contribution in [1.29, 1.82) is 0 Å². The van der Waals surface area contributed by atoms with Crippen LogP contribution in [0.4, 0.5) is 0 Å². The number of aryl methyl sites for hydroxylation is 1. The summed E-state index contributed by atoms with van der Waals surface area (Å²) in [6, 6.07) is 5.83. The SMILES string of the molecule is CCOC(=O)CC1(O)CCc2ccc(Br)cc21. The molecule has 1 aromatic carbocycles. The summed E-state index contributed by atoms with van der Waals surface area (Å²) in [6.45, 7) is 2.11. The fraction of sp³-hybridized carbons (Fsp3) is 0.462. The molecule has 2 rings (SSSR count). The summed E-state index contributed by atoms with van der Waals surface area (Å²) in [6.07, 6.45) is 1.42. The molecule has 0 amide bonds. The summed E-state index contributed by atoms with van der Waals surface area (Å²) in [5.74, 6) is -0.345. The van der Waals surface area contributed by atoms with Crippen LogP contribution in [-0.4, -0.2) is 17.7 Å². The van der Waals surface area contributed by atoms with Crippen LogP contribution in [0.3, 0.4) is 0 Å². The van der Waals surface area contributed by atoms with Crippen LogP contribution in [0.25, 0.3) is 0 Å². The Kier molecular flexibility index (Phi) is 3.54. The number of aliphatic hydroxyl groups is 1. The van der Waals surface area contributed by atoms with Crippen LogP contribution in [0.15, 0.2) is 22.7 Å². The molecule has 1 N–H and O–H groups in total. The van der Waals surface area contributed by atoms with Crippen molar-refractivity contribution in [3.8, 4) is 0 Å². The molecule has 4 heteroatoms. The predicted octanol–water partition coefficient (Wildman–Crippen LogP) is 2.54. The Morgan fingerprint density at radius 1 is 1.59 bits per heavy atom. The lowest BCUT2D eigenvalue weighted by atomic mass is 9.92. The fourth-order valence-electron chi connectivity index (χ4n) is 2.31. The van der Waals surface area contributed by atoms with Gasteiger partial charge < -0.3 is 9.84 Å². The minimum absolute atomic E-state index is 0.0320. The van der Waals surface area contributed by atoms with E-state index in [-0.39, 0.29) is 12.4 Å². The molecule has 0 aromatic heterocycles. The highest BCUT2D eigenvalue weighted by Crippen LogP contribution is 2.40. The fourth-order valence-corrected chi connectivity index (χ4v) is 2.67. The maximum absolute atomic E-state index is 11.5. The zero-order valence-corrected chi connectivity index (χ0v) is 11.3. The van der Waals surface area contributed by atoms with Crippen molar-refractivity contribution in [2.24, 2.45) is 0 Å². The van der Waals surface area contributed by atoms with E-state index in [4.69, 9.17) is 4.74 Å². The van der Waals surface area contributed by atoms with Gasteiger partial charge in [0.25, 0.3) is 0 Å². The van der Waals surface area contributed by atoms with Crippen LogP contribution >= 0.6 is 15.9 Å². The third-order valence-corrected chi connectivity index (χ3v) is 3.62.